The molecule has 0 aliphatic carbocycles. The highest BCUT2D eigenvalue weighted by atomic mass is 32.1. The average molecular weight is 892 g/mol. The summed E-state index contributed by atoms with van der Waals surface area (Å²) in [4.78, 5) is 30.5. The van der Waals surface area contributed by atoms with Crippen LogP contribution < -0.4 is 11.1 Å². The minimum absolute atomic E-state index is 0. The Labute approximate surface area is 365 Å². The Hall–Kier alpha value is -3.25. The van der Waals surface area contributed by atoms with Crippen LogP contribution in [0.1, 0.15) is 90.2 Å². The van der Waals surface area contributed by atoms with E-state index in [1.165, 1.54) is 11.6 Å². The zero-order chi connectivity index (χ0) is 41.7. The van der Waals surface area contributed by atoms with Crippen molar-refractivity contribution in [1.82, 2.24) is 20.3 Å². The number of ether oxygens (including phenoxy) is 3. The molecular formula is C38H62FN7O10S3. The fourth-order valence-corrected chi connectivity index (χ4v) is 6.08. The van der Waals surface area contributed by atoms with Gasteiger partial charge in [0.15, 0.2) is 12.0 Å². The fourth-order valence-electron chi connectivity index (χ4n) is 6.08. The van der Waals surface area contributed by atoms with E-state index in [0.29, 0.717) is 38.0 Å². The van der Waals surface area contributed by atoms with Gasteiger partial charge in [-0.2, -0.15) is 40.5 Å². The minimum Gasteiger partial charge on any atom is -0.388 e. The number of anilines is 1. The van der Waals surface area contributed by atoms with Crippen molar-refractivity contribution in [2.45, 2.75) is 114 Å². The molecule has 3 aliphatic heterocycles. The van der Waals surface area contributed by atoms with Crippen LogP contribution in [0.5, 0.6) is 0 Å². The lowest BCUT2D eigenvalue weighted by Gasteiger charge is -2.36. The van der Waals surface area contributed by atoms with Gasteiger partial charge in [-0.05, 0) is 128 Å². The van der Waals surface area contributed by atoms with Crippen molar-refractivity contribution in [2.24, 2.45) is 0 Å². The molecule has 5 atom stereocenters. The molecule has 59 heavy (non-hydrogen) atoms. The van der Waals surface area contributed by atoms with Crippen molar-refractivity contribution < 1.29 is 43.8 Å². The second-order valence-corrected chi connectivity index (χ2v) is 15.5. The molecule has 3 aromatic heterocycles. The summed E-state index contributed by atoms with van der Waals surface area (Å²) in [5, 5.41) is 53.1. The van der Waals surface area contributed by atoms with Gasteiger partial charge in [-0.1, -0.05) is 6.07 Å². The molecule has 21 heteroatoms. The molecule has 17 nitrogen and oxygen atoms in total. The van der Waals surface area contributed by atoms with E-state index in [2.05, 4.69) is 20.3 Å². The first-order chi connectivity index (χ1) is 26.1. The van der Waals surface area contributed by atoms with Crippen LogP contribution in [0.25, 0.3) is 0 Å². The molecule has 6 heterocycles. The number of aliphatic hydroxyl groups is 3. The van der Waals surface area contributed by atoms with Gasteiger partial charge < -0.3 is 60.8 Å². The number of nitro groups is 2. The Balaban J connectivity index is 0.000000775. The third-order valence-electron chi connectivity index (χ3n) is 9.47. The van der Waals surface area contributed by atoms with E-state index in [9.17, 15) is 39.9 Å². The normalized spacial score (nSPS) is 21.6. The van der Waals surface area contributed by atoms with Gasteiger partial charge in [-0.15, -0.1) is 0 Å². The van der Waals surface area contributed by atoms with Crippen LogP contribution in [-0.4, -0.2) is 108 Å². The Morgan fingerprint density at radius 1 is 0.678 bits per heavy atom. The summed E-state index contributed by atoms with van der Waals surface area (Å²) in [6.07, 6.45) is 7.13. The number of nitrogens with one attached hydrogen (secondary N) is 1. The molecule has 0 spiro atoms. The SMILES string of the molecule is CC(C)(O)[C@@H]1CC(c2ccc(N)nc2)CCO1.CC(C)(O)[C@@H]1CC(c2ccc([N+](=O)[O-])nc2)CCO1.CC(C)(O)[C@@H]1CNCCO1.O=[N+]([O-])c1ccc(F)cn1.S.S.S. The van der Waals surface area contributed by atoms with Crippen molar-refractivity contribution in [3.05, 3.63) is 92.2 Å². The number of pyridine rings is 3. The van der Waals surface area contributed by atoms with Gasteiger partial charge >= 0.3 is 11.6 Å². The molecular weight excluding hydrogens is 830 g/mol. The van der Waals surface area contributed by atoms with E-state index >= 15 is 0 Å². The maximum Gasteiger partial charge on any atom is 0.363 e. The molecule has 3 aliphatic rings. The van der Waals surface area contributed by atoms with E-state index in [0.717, 1.165) is 56.2 Å². The Bertz CT molecular complexity index is 1660. The number of morpholine rings is 1. The maximum absolute atomic E-state index is 12.1. The smallest absolute Gasteiger partial charge is 0.363 e. The summed E-state index contributed by atoms with van der Waals surface area (Å²) >= 11 is 0. The van der Waals surface area contributed by atoms with Crippen LogP contribution >= 0.6 is 40.5 Å². The molecule has 2 unspecified atom stereocenters. The van der Waals surface area contributed by atoms with Gasteiger partial charge in [0.25, 0.3) is 0 Å². The molecule has 334 valence electrons. The van der Waals surface area contributed by atoms with Crippen molar-refractivity contribution in [3.63, 3.8) is 0 Å². The lowest BCUT2D eigenvalue weighted by molar-refractivity contribution is -0.389. The van der Waals surface area contributed by atoms with Crippen LogP contribution in [0.2, 0.25) is 0 Å². The van der Waals surface area contributed by atoms with E-state index in [1.54, 1.807) is 53.8 Å². The molecule has 0 radical (unpaired) electrons. The summed E-state index contributed by atoms with van der Waals surface area (Å²) in [6.45, 7) is 14.2. The predicted molar refractivity (Wildman–Crippen MR) is 236 cm³/mol. The van der Waals surface area contributed by atoms with Gasteiger partial charge in [0, 0.05) is 44.6 Å². The predicted octanol–water partition coefficient (Wildman–Crippen LogP) is 4.93. The third-order valence-corrected chi connectivity index (χ3v) is 9.47. The van der Waals surface area contributed by atoms with Gasteiger partial charge in [0.1, 0.15) is 12.0 Å². The fraction of sp³-hybridized carbons (Fsp3) is 0.605. The zero-order valence-electron chi connectivity index (χ0n) is 34.3. The summed E-state index contributed by atoms with van der Waals surface area (Å²) in [7, 11) is 0. The molecule has 0 saturated carbocycles. The van der Waals surface area contributed by atoms with Crippen LogP contribution in [-0.2, 0) is 14.2 Å². The summed E-state index contributed by atoms with van der Waals surface area (Å²) in [5.41, 5.74) is 5.33. The van der Waals surface area contributed by atoms with Crippen LogP contribution in [0.3, 0.4) is 0 Å². The van der Waals surface area contributed by atoms with Gasteiger partial charge in [0.2, 0.25) is 0 Å². The van der Waals surface area contributed by atoms with E-state index in [-0.39, 0.29) is 76.4 Å². The third kappa shape index (κ3) is 19.3. The minimum atomic E-state index is -0.882. The molecule has 3 fully saturated rings. The van der Waals surface area contributed by atoms with Crippen LogP contribution in [0, 0.1) is 26.0 Å². The molecule has 3 aromatic rings. The van der Waals surface area contributed by atoms with Crippen molar-refractivity contribution in [3.8, 4) is 0 Å². The lowest BCUT2D eigenvalue weighted by Crippen LogP contribution is -2.50. The van der Waals surface area contributed by atoms with Gasteiger partial charge in [0.05, 0.1) is 41.7 Å². The molecule has 6 N–H and O–H groups in total. The van der Waals surface area contributed by atoms with E-state index < -0.39 is 32.5 Å². The van der Waals surface area contributed by atoms with Crippen molar-refractivity contribution >= 4 is 57.9 Å². The zero-order valence-corrected chi connectivity index (χ0v) is 37.3. The first kappa shape index (κ1) is 55.8. The van der Waals surface area contributed by atoms with Crippen molar-refractivity contribution in [1.29, 1.82) is 0 Å². The quantitative estimate of drug-likeness (QED) is 0.156. The number of halogens is 1. The number of nitrogens with two attached hydrogens (primary N) is 1. The molecule has 6 rings (SSSR count). The lowest BCUT2D eigenvalue weighted by atomic mass is 9.84. The molecule has 3 saturated heterocycles. The number of aromatic nitrogens is 3. The second kappa shape index (κ2) is 25.5. The van der Waals surface area contributed by atoms with Gasteiger partial charge in [-0.3, -0.25) is 0 Å². The number of nitrogen functional groups attached to an aromatic ring is 1. The Morgan fingerprint density at radius 3 is 1.42 bits per heavy atom. The standard InChI is InChI=1S/C13H18N2O4.C13H20N2O2.C7H15NO2.C5H3FN2O2.3H2S/c1-13(2,16)11-7-9(5-6-19-11)10-3-4-12(14-8-10)15(17)18;1-13(2,16)11-7-9(5-6-17-11)10-3-4-12(14)15-8-10;1-7(2,9)6-5-8-3-4-10-6;6-4-1-2-5(7-3-4)8(9)10;;;/h3-4,8-9,11,16H,5-7H2,1-2H3;3-4,8-9,11,16H,5-7H2,1-2H3,(H2,14,15);6,8-9H,3-5H2,1-2H3;1-3H;3*1H2/t2*9?,11-;6-;;;;/m000..../s1. The van der Waals surface area contributed by atoms with Crippen LogP contribution in [0.15, 0.2) is 55.0 Å². The number of hydrogen-bond donors (Lipinski definition) is 5. The highest BCUT2D eigenvalue weighted by Gasteiger charge is 2.35. The summed E-state index contributed by atoms with van der Waals surface area (Å²) < 4.78 is 28.6. The van der Waals surface area contributed by atoms with E-state index in [1.807, 2.05) is 18.3 Å². The first-order valence-electron chi connectivity index (χ1n) is 18.5. The van der Waals surface area contributed by atoms with Crippen molar-refractivity contribution in [2.75, 3.05) is 38.6 Å². The largest absolute Gasteiger partial charge is 0.388 e. The molecule has 0 bridgehead atoms. The molecule has 0 aromatic carbocycles. The maximum atomic E-state index is 12.1. The highest BCUT2D eigenvalue weighted by molar-refractivity contribution is 7.59. The average Bonchev–Trinajstić information content (AvgIpc) is 3.16. The summed E-state index contributed by atoms with van der Waals surface area (Å²) in [6, 6.07) is 9.00. The van der Waals surface area contributed by atoms with E-state index in [4.69, 9.17) is 19.9 Å². The second-order valence-electron chi connectivity index (χ2n) is 15.5. The summed E-state index contributed by atoms with van der Waals surface area (Å²) in [5.74, 6) is 0.0912. The Kier molecular flexibility index (Phi) is 24.1. The number of hydrogen-bond acceptors (Lipinski definition) is 15. The monoisotopic (exact) mass is 891 g/mol. The number of rotatable bonds is 7. The topological polar surface area (TPSA) is 251 Å². The van der Waals surface area contributed by atoms with Gasteiger partial charge in [-0.25, -0.2) is 9.37 Å². The highest BCUT2D eigenvalue weighted by Crippen LogP contribution is 2.35. The van der Waals surface area contributed by atoms with Crippen LogP contribution in [0.4, 0.5) is 21.8 Å². The first-order valence-corrected chi connectivity index (χ1v) is 18.5. The number of nitrogens with zero attached hydrogens (tertiary/aromatic N) is 5. The Morgan fingerprint density at radius 2 is 1.10 bits per heavy atom. The molecule has 0 amide bonds.